The molecule has 0 bridgehead atoms. The van der Waals surface area contributed by atoms with Gasteiger partial charge in [0, 0.05) is 23.1 Å². The molecule has 1 aromatic carbocycles. The SMILES string of the molecule is CCC(NCC1(N(C)C)CCC1)c1ccc(Cl)cc1. The van der Waals surface area contributed by atoms with Gasteiger partial charge in [-0.3, -0.25) is 0 Å². The zero-order chi connectivity index (χ0) is 13.9. The van der Waals surface area contributed by atoms with Crippen LogP contribution in [-0.2, 0) is 0 Å². The molecule has 1 unspecified atom stereocenters. The molecule has 106 valence electrons. The molecule has 0 radical (unpaired) electrons. The van der Waals surface area contributed by atoms with E-state index in [9.17, 15) is 0 Å². The summed E-state index contributed by atoms with van der Waals surface area (Å²) >= 11 is 5.96. The average molecular weight is 281 g/mol. The molecule has 1 aliphatic carbocycles. The van der Waals surface area contributed by atoms with E-state index in [1.807, 2.05) is 12.1 Å². The molecular weight excluding hydrogens is 256 g/mol. The van der Waals surface area contributed by atoms with E-state index in [0.29, 0.717) is 11.6 Å². The maximum Gasteiger partial charge on any atom is 0.0406 e. The summed E-state index contributed by atoms with van der Waals surface area (Å²) in [5, 5.41) is 4.55. The first-order valence-corrected chi connectivity index (χ1v) is 7.61. The molecule has 1 aliphatic rings. The summed E-state index contributed by atoms with van der Waals surface area (Å²) in [5.74, 6) is 0. The third-order valence-corrected chi connectivity index (χ3v) is 4.84. The summed E-state index contributed by atoms with van der Waals surface area (Å²) in [4.78, 5) is 2.39. The van der Waals surface area contributed by atoms with E-state index in [-0.39, 0.29) is 0 Å². The maximum absolute atomic E-state index is 5.96. The Kier molecular flexibility index (Phi) is 4.88. The number of benzene rings is 1. The van der Waals surface area contributed by atoms with Crippen molar-refractivity contribution in [2.75, 3.05) is 20.6 Å². The van der Waals surface area contributed by atoms with Crippen molar-refractivity contribution in [2.45, 2.75) is 44.2 Å². The highest BCUT2D eigenvalue weighted by Crippen LogP contribution is 2.36. The topological polar surface area (TPSA) is 15.3 Å². The summed E-state index contributed by atoms with van der Waals surface area (Å²) in [6.07, 6.45) is 5.08. The average Bonchev–Trinajstić information content (AvgIpc) is 2.34. The predicted octanol–water partition coefficient (Wildman–Crippen LogP) is 3.87. The van der Waals surface area contributed by atoms with Crippen LogP contribution in [0.1, 0.15) is 44.2 Å². The zero-order valence-corrected chi connectivity index (χ0v) is 13.0. The van der Waals surface area contributed by atoms with E-state index in [2.05, 4.69) is 43.4 Å². The molecule has 0 heterocycles. The molecule has 1 fully saturated rings. The molecule has 2 nitrogen and oxygen atoms in total. The maximum atomic E-state index is 5.96. The van der Waals surface area contributed by atoms with Crippen LogP contribution in [0.3, 0.4) is 0 Å². The van der Waals surface area contributed by atoms with Gasteiger partial charge in [-0.1, -0.05) is 30.7 Å². The lowest BCUT2D eigenvalue weighted by molar-refractivity contribution is 0.0569. The summed E-state index contributed by atoms with van der Waals surface area (Å²) < 4.78 is 0. The van der Waals surface area contributed by atoms with Crippen LogP contribution in [0, 0.1) is 0 Å². The zero-order valence-electron chi connectivity index (χ0n) is 12.2. The molecule has 0 aromatic heterocycles. The molecule has 0 amide bonds. The molecule has 0 spiro atoms. The minimum Gasteiger partial charge on any atom is -0.308 e. The molecule has 1 aromatic rings. The van der Waals surface area contributed by atoms with Crippen LogP contribution in [0.2, 0.25) is 5.02 Å². The molecule has 19 heavy (non-hydrogen) atoms. The quantitative estimate of drug-likeness (QED) is 0.851. The van der Waals surface area contributed by atoms with Crippen molar-refractivity contribution in [2.24, 2.45) is 0 Å². The number of rotatable bonds is 6. The second kappa shape index (κ2) is 6.25. The third-order valence-electron chi connectivity index (χ3n) is 4.59. The van der Waals surface area contributed by atoms with Gasteiger partial charge in [-0.05, 0) is 57.5 Å². The normalized spacial score (nSPS) is 19.2. The minimum absolute atomic E-state index is 0.375. The van der Waals surface area contributed by atoms with E-state index in [1.165, 1.54) is 24.8 Å². The first kappa shape index (κ1) is 14.8. The Bertz CT molecular complexity index is 396. The summed E-state index contributed by atoms with van der Waals surface area (Å²) in [7, 11) is 4.40. The number of nitrogens with zero attached hydrogens (tertiary/aromatic N) is 1. The molecule has 0 saturated heterocycles. The highest BCUT2D eigenvalue weighted by Gasteiger charge is 2.38. The Balaban J connectivity index is 1.98. The summed E-state index contributed by atoms with van der Waals surface area (Å²) in [6.45, 7) is 3.30. The van der Waals surface area contributed by atoms with Crippen molar-refractivity contribution in [3.05, 3.63) is 34.9 Å². The number of hydrogen-bond acceptors (Lipinski definition) is 2. The minimum atomic E-state index is 0.375. The lowest BCUT2D eigenvalue weighted by Crippen LogP contribution is -2.56. The molecule has 0 aliphatic heterocycles. The first-order valence-electron chi connectivity index (χ1n) is 7.24. The Hall–Kier alpha value is -0.570. The molecule has 3 heteroatoms. The molecule has 1 N–H and O–H groups in total. The monoisotopic (exact) mass is 280 g/mol. The highest BCUT2D eigenvalue weighted by molar-refractivity contribution is 6.30. The van der Waals surface area contributed by atoms with E-state index >= 15 is 0 Å². The Morgan fingerprint density at radius 2 is 1.89 bits per heavy atom. The van der Waals surface area contributed by atoms with E-state index in [4.69, 9.17) is 11.6 Å². The van der Waals surface area contributed by atoms with Crippen molar-refractivity contribution in [3.63, 3.8) is 0 Å². The lowest BCUT2D eigenvalue weighted by Gasteiger charge is -2.48. The fraction of sp³-hybridized carbons (Fsp3) is 0.625. The Labute approximate surface area is 122 Å². The van der Waals surface area contributed by atoms with Gasteiger partial charge in [-0.2, -0.15) is 0 Å². The van der Waals surface area contributed by atoms with Gasteiger partial charge in [0.25, 0.3) is 0 Å². The number of nitrogens with one attached hydrogen (secondary N) is 1. The molecule has 2 rings (SSSR count). The van der Waals surface area contributed by atoms with Gasteiger partial charge in [-0.25, -0.2) is 0 Å². The first-order chi connectivity index (χ1) is 9.07. The Morgan fingerprint density at radius 1 is 1.26 bits per heavy atom. The van der Waals surface area contributed by atoms with E-state index in [1.54, 1.807) is 0 Å². The fourth-order valence-electron chi connectivity index (χ4n) is 2.87. The van der Waals surface area contributed by atoms with Gasteiger partial charge in [-0.15, -0.1) is 0 Å². The van der Waals surface area contributed by atoms with Crippen molar-refractivity contribution in [3.8, 4) is 0 Å². The second-order valence-electron chi connectivity index (χ2n) is 5.87. The highest BCUT2D eigenvalue weighted by atomic mass is 35.5. The van der Waals surface area contributed by atoms with Crippen LogP contribution in [-0.4, -0.2) is 31.1 Å². The summed E-state index contributed by atoms with van der Waals surface area (Å²) in [6, 6.07) is 8.65. The summed E-state index contributed by atoms with van der Waals surface area (Å²) in [5.41, 5.74) is 1.71. The van der Waals surface area contributed by atoms with Crippen LogP contribution < -0.4 is 5.32 Å². The van der Waals surface area contributed by atoms with Crippen LogP contribution in [0.25, 0.3) is 0 Å². The largest absolute Gasteiger partial charge is 0.308 e. The number of likely N-dealkylation sites (N-methyl/N-ethyl adjacent to an activating group) is 1. The van der Waals surface area contributed by atoms with Crippen molar-refractivity contribution >= 4 is 11.6 Å². The fourth-order valence-corrected chi connectivity index (χ4v) is 3.00. The van der Waals surface area contributed by atoms with Crippen LogP contribution in [0.4, 0.5) is 0 Å². The van der Waals surface area contributed by atoms with Gasteiger partial charge in [0.15, 0.2) is 0 Å². The molecule has 1 atom stereocenters. The third kappa shape index (κ3) is 3.31. The predicted molar refractivity (Wildman–Crippen MR) is 82.8 cm³/mol. The van der Waals surface area contributed by atoms with Crippen LogP contribution in [0.15, 0.2) is 24.3 Å². The van der Waals surface area contributed by atoms with Crippen LogP contribution in [0.5, 0.6) is 0 Å². The molecule has 1 saturated carbocycles. The lowest BCUT2D eigenvalue weighted by atomic mass is 9.75. The van der Waals surface area contributed by atoms with Gasteiger partial charge in [0.1, 0.15) is 0 Å². The molecular formula is C16H25ClN2. The number of hydrogen-bond donors (Lipinski definition) is 1. The van der Waals surface area contributed by atoms with E-state index < -0.39 is 0 Å². The van der Waals surface area contributed by atoms with Crippen molar-refractivity contribution < 1.29 is 0 Å². The smallest absolute Gasteiger partial charge is 0.0406 e. The van der Waals surface area contributed by atoms with Gasteiger partial charge in [0.05, 0.1) is 0 Å². The standard InChI is InChI=1S/C16H25ClN2/c1-4-15(13-6-8-14(17)9-7-13)18-12-16(19(2)3)10-5-11-16/h6-9,15,18H,4-5,10-12H2,1-3H3. The van der Waals surface area contributed by atoms with Crippen molar-refractivity contribution in [1.29, 1.82) is 0 Å². The van der Waals surface area contributed by atoms with Crippen LogP contribution >= 0.6 is 11.6 Å². The van der Waals surface area contributed by atoms with Gasteiger partial charge in [0.2, 0.25) is 0 Å². The van der Waals surface area contributed by atoms with Gasteiger partial charge < -0.3 is 10.2 Å². The van der Waals surface area contributed by atoms with E-state index in [0.717, 1.165) is 18.0 Å². The number of halogens is 1. The van der Waals surface area contributed by atoms with Gasteiger partial charge >= 0.3 is 0 Å². The van der Waals surface area contributed by atoms with Crippen molar-refractivity contribution in [1.82, 2.24) is 10.2 Å². The Morgan fingerprint density at radius 3 is 2.32 bits per heavy atom. The second-order valence-corrected chi connectivity index (χ2v) is 6.30.